The van der Waals surface area contributed by atoms with Gasteiger partial charge in [-0.2, -0.15) is 0 Å². The van der Waals surface area contributed by atoms with Crippen molar-refractivity contribution in [2.45, 2.75) is 149 Å². The van der Waals surface area contributed by atoms with Crippen molar-refractivity contribution >= 4 is 11.9 Å². The molecule has 7 aliphatic rings. The summed E-state index contributed by atoms with van der Waals surface area (Å²) < 4.78 is 25.7. The van der Waals surface area contributed by atoms with E-state index in [9.17, 15) is 14.7 Å². The molecule has 7 fully saturated rings. The highest BCUT2D eigenvalue weighted by Gasteiger charge is 2.88. The first-order valence-corrected chi connectivity index (χ1v) is 19.6. The van der Waals surface area contributed by atoms with Crippen molar-refractivity contribution in [1.29, 1.82) is 0 Å². The molecule has 278 valence electrons. The topological polar surface area (TPSA) is 97.8 Å². The quantitative estimate of drug-likeness (QED) is 0.343. The van der Waals surface area contributed by atoms with Crippen LogP contribution in [0.2, 0.25) is 0 Å². The molecule has 2 heterocycles. The lowest BCUT2D eigenvalue weighted by Gasteiger charge is -2.64. The van der Waals surface area contributed by atoms with Crippen LogP contribution in [0.15, 0.2) is 0 Å². The standard InChI is InChI=1S/C40H66N2O7/c1-24-39-16-14-31(49-33-23-42(19-20-46-33)22-32(44)41(9)10)35(3,4)29(39)13-15-38(8)30-21-28-26(37(30,7)17-18-40(24,38)39)11-12-27(48-28)34(36(5,6)45)47-25(2)43/h24,26-31,33-34,45H,11-23H2,1-10H3. The van der Waals surface area contributed by atoms with Crippen molar-refractivity contribution in [3.05, 3.63) is 0 Å². The third kappa shape index (κ3) is 5.15. The molecule has 9 heteroatoms. The second-order valence-corrected chi connectivity index (χ2v) is 19.4. The Morgan fingerprint density at radius 2 is 1.76 bits per heavy atom. The van der Waals surface area contributed by atoms with Gasteiger partial charge in [0, 0.05) is 27.6 Å². The predicted molar refractivity (Wildman–Crippen MR) is 186 cm³/mol. The number of aliphatic hydroxyl groups is 1. The van der Waals surface area contributed by atoms with E-state index in [0.717, 1.165) is 32.2 Å². The Balaban J connectivity index is 1.08. The molecule has 2 saturated heterocycles. The summed E-state index contributed by atoms with van der Waals surface area (Å²) in [6.45, 7) is 20.1. The number of hydrogen-bond acceptors (Lipinski definition) is 8. The van der Waals surface area contributed by atoms with Crippen LogP contribution in [0.25, 0.3) is 0 Å². The first-order chi connectivity index (χ1) is 22.8. The number of esters is 1. The van der Waals surface area contributed by atoms with Gasteiger partial charge in [-0.25, -0.2) is 0 Å². The fourth-order valence-electron chi connectivity index (χ4n) is 14.4. The Labute approximate surface area is 295 Å². The molecule has 9 nitrogen and oxygen atoms in total. The van der Waals surface area contributed by atoms with E-state index < -0.39 is 11.7 Å². The molecule has 0 aromatic rings. The first-order valence-electron chi connectivity index (χ1n) is 19.6. The van der Waals surface area contributed by atoms with E-state index in [-0.39, 0.29) is 52.7 Å². The number of likely N-dealkylation sites (N-methyl/N-ethyl adjacent to an activating group) is 1. The highest BCUT2D eigenvalue weighted by atomic mass is 16.7. The molecule has 1 amide bonds. The highest BCUT2D eigenvalue weighted by molar-refractivity contribution is 5.77. The van der Waals surface area contributed by atoms with Gasteiger partial charge in [-0.3, -0.25) is 14.5 Å². The fraction of sp³-hybridized carbons (Fsp3) is 0.950. The molecule has 0 aromatic heterocycles. The molecular formula is C40H66N2O7. The third-order valence-corrected chi connectivity index (χ3v) is 16.5. The Morgan fingerprint density at radius 1 is 1.02 bits per heavy atom. The average Bonchev–Trinajstić information content (AvgIpc) is 3.39. The van der Waals surface area contributed by atoms with Crippen molar-refractivity contribution < 1.29 is 33.6 Å². The lowest BCUT2D eigenvalue weighted by Crippen LogP contribution is -2.59. The van der Waals surface area contributed by atoms with Crippen LogP contribution in [-0.2, 0) is 28.5 Å². The molecule has 49 heavy (non-hydrogen) atoms. The monoisotopic (exact) mass is 686 g/mol. The summed E-state index contributed by atoms with van der Waals surface area (Å²) in [5.41, 5.74) is 0.0672. The minimum atomic E-state index is -1.16. The Morgan fingerprint density at radius 3 is 2.43 bits per heavy atom. The Kier molecular flexibility index (Phi) is 8.75. The van der Waals surface area contributed by atoms with Gasteiger partial charge in [0.2, 0.25) is 5.91 Å². The Bertz CT molecular complexity index is 1310. The number of ether oxygens (including phenoxy) is 4. The zero-order valence-corrected chi connectivity index (χ0v) is 32.2. The zero-order valence-electron chi connectivity index (χ0n) is 32.2. The van der Waals surface area contributed by atoms with Gasteiger partial charge in [0.05, 0.1) is 43.6 Å². The van der Waals surface area contributed by atoms with E-state index in [0.29, 0.717) is 54.2 Å². The van der Waals surface area contributed by atoms with Crippen molar-refractivity contribution in [2.24, 2.45) is 50.7 Å². The molecular weight excluding hydrogens is 620 g/mol. The maximum absolute atomic E-state index is 12.4. The fourth-order valence-corrected chi connectivity index (χ4v) is 14.4. The van der Waals surface area contributed by atoms with Crippen LogP contribution in [0.5, 0.6) is 0 Å². The van der Waals surface area contributed by atoms with Gasteiger partial charge >= 0.3 is 5.97 Å². The molecule has 1 N–H and O–H groups in total. The number of carbonyl (C=O) groups excluding carboxylic acids is 2. The van der Waals surface area contributed by atoms with Gasteiger partial charge in [0.15, 0.2) is 12.4 Å². The van der Waals surface area contributed by atoms with Crippen molar-refractivity contribution in [3.8, 4) is 0 Å². The summed E-state index contributed by atoms with van der Waals surface area (Å²) >= 11 is 0. The molecule has 5 saturated carbocycles. The van der Waals surface area contributed by atoms with Gasteiger partial charge in [-0.05, 0) is 122 Å². The van der Waals surface area contributed by atoms with Gasteiger partial charge < -0.3 is 29.0 Å². The van der Waals surface area contributed by atoms with Crippen LogP contribution in [-0.4, -0.2) is 103 Å². The van der Waals surface area contributed by atoms with E-state index in [2.05, 4.69) is 39.5 Å². The lowest BCUT2D eigenvalue weighted by atomic mass is 9.41. The molecule has 13 unspecified atom stereocenters. The first kappa shape index (κ1) is 36.1. The smallest absolute Gasteiger partial charge is 0.303 e. The van der Waals surface area contributed by atoms with Crippen LogP contribution in [0.4, 0.5) is 0 Å². The SMILES string of the molecule is CC(=O)OC(C1CCC2C(CC3C2(C)CCC24C(C)C25CCC(OC2CN(CC(=O)N(C)C)CCO2)C(C)(C)C5CCC34C)O1)C(C)(C)O. The average molecular weight is 687 g/mol. The van der Waals surface area contributed by atoms with Crippen LogP contribution in [0.1, 0.15) is 113 Å². The third-order valence-electron chi connectivity index (χ3n) is 16.5. The number of nitrogens with zero attached hydrogens (tertiary/aromatic N) is 2. The molecule has 0 bridgehead atoms. The molecule has 2 spiro atoms. The van der Waals surface area contributed by atoms with Crippen LogP contribution >= 0.6 is 0 Å². The van der Waals surface area contributed by atoms with Crippen molar-refractivity contribution in [1.82, 2.24) is 9.80 Å². The summed E-state index contributed by atoms with van der Waals surface area (Å²) in [6.07, 6.45) is 9.37. The van der Waals surface area contributed by atoms with Crippen molar-refractivity contribution in [2.75, 3.05) is 40.3 Å². The van der Waals surface area contributed by atoms with Gasteiger partial charge in [-0.15, -0.1) is 0 Å². The van der Waals surface area contributed by atoms with Crippen molar-refractivity contribution in [3.63, 3.8) is 0 Å². The maximum Gasteiger partial charge on any atom is 0.303 e. The van der Waals surface area contributed by atoms with E-state index in [1.165, 1.54) is 39.0 Å². The largest absolute Gasteiger partial charge is 0.457 e. The van der Waals surface area contributed by atoms with Crippen LogP contribution in [0, 0.1) is 50.7 Å². The van der Waals surface area contributed by atoms with Gasteiger partial charge in [0.25, 0.3) is 0 Å². The number of rotatable bonds is 7. The number of hydrogen-bond donors (Lipinski definition) is 1. The Hall–Kier alpha value is -1.26. The van der Waals surface area contributed by atoms with Gasteiger partial charge in [-0.1, -0.05) is 34.6 Å². The normalized spacial score (nSPS) is 47.8. The van der Waals surface area contributed by atoms with Crippen LogP contribution in [0.3, 0.4) is 0 Å². The number of carbonyl (C=O) groups is 2. The minimum absolute atomic E-state index is 0.0337. The zero-order chi connectivity index (χ0) is 35.5. The number of morpholine rings is 1. The second-order valence-electron chi connectivity index (χ2n) is 19.4. The molecule has 2 aliphatic heterocycles. The van der Waals surface area contributed by atoms with Gasteiger partial charge in [0.1, 0.15) is 0 Å². The minimum Gasteiger partial charge on any atom is -0.457 e. The van der Waals surface area contributed by atoms with E-state index in [1.54, 1.807) is 18.7 Å². The molecule has 0 aromatic carbocycles. The highest BCUT2D eigenvalue weighted by Crippen LogP contribution is 2.93. The maximum atomic E-state index is 12.4. The van der Waals surface area contributed by atoms with Crippen LogP contribution < -0.4 is 0 Å². The summed E-state index contributed by atoms with van der Waals surface area (Å²) in [6, 6.07) is 0. The summed E-state index contributed by atoms with van der Waals surface area (Å²) in [5.74, 6) is 2.17. The lowest BCUT2D eigenvalue weighted by molar-refractivity contribution is -0.249. The molecule has 7 rings (SSSR count). The van der Waals surface area contributed by atoms with E-state index in [4.69, 9.17) is 18.9 Å². The van der Waals surface area contributed by atoms with E-state index in [1.807, 2.05) is 14.1 Å². The van der Waals surface area contributed by atoms with E-state index >= 15 is 0 Å². The molecule has 5 aliphatic carbocycles. The summed E-state index contributed by atoms with van der Waals surface area (Å²) in [7, 11) is 3.63. The second kappa shape index (κ2) is 11.9. The molecule has 0 radical (unpaired) electrons. The molecule has 13 atom stereocenters. The number of fused-ring (bicyclic) bond motifs is 4. The predicted octanol–water partition coefficient (Wildman–Crippen LogP) is 5.66. The summed E-state index contributed by atoms with van der Waals surface area (Å²) in [5, 5.41) is 11.0. The number of amides is 1. The summed E-state index contributed by atoms with van der Waals surface area (Å²) in [4.78, 5) is 28.3.